The van der Waals surface area contributed by atoms with Crippen molar-refractivity contribution in [2.45, 2.75) is 6.92 Å². The molecule has 0 radical (unpaired) electrons. The maximum atomic E-state index is 13.4. The van der Waals surface area contributed by atoms with E-state index in [0.717, 1.165) is 58.7 Å². The van der Waals surface area contributed by atoms with Crippen LogP contribution in [-0.2, 0) is 0 Å². The molecule has 0 spiro atoms. The van der Waals surface area contributed by atoms with E-state index in [1.54, 1.807) is 19.4 Å². The second-order valence-electron chi connectivity index (χ2n) is 8.67. The predicted octanol–water partition coefficient (Wildman–Crippen LogP) is 4.92. The first-order valence-electron chi connectivity index (χ1n) is 11.7. The van der Waals surface area contributed by atoms with Gasteiger partial charge in [0.2, 0.25) is 0 Å². The van der Waals surface area contributed by atoms with Crippen LogP contribution in [0.3, 0.4) is 0 Å². The number of benzene rings is 2. The molecule has 2 aromatic heterocycles. The molecule has 180 valence electrons. The Kier molecular flexibility index (Phi) is 6.36. The second kappa shape index (κ2) is 9.60. The summed E-state index contributed by atoms with van der Waals surface area (Å²) in [6, 6.07) is 13.5. The molecule has 2 aromatic carbocycles. The number of hydrogen-bond acceptors (Lipinski definition) is 5. The van der Waals surface area contributed by atoms with Crippen LogP contribution in [0, 0.1) is 0 Å². The molecule has 0 saturated carbocycles. The summed E-state index contributed by atoms with van der Waals surface area (Å²) in [7, 11) is 1.66. The predicted molar refractivity (Wildman–Crippen MR) is 141 cm³/mol. The molecule has 0 atom stereocenters. The van der Waals surface area contributed by atoms with E-state index in [1.807, 2.05) is 41.4 Å². The van der Waals surface area contributed by atoms with E-state index >= 15 is 0 Å². The Morgan fingerprint density at radius 2 is 1.89 bits per heavy atom. The minimum Gasteiger partial charge on any atom is -0.496 e. The Hall–Kier alpha value is -3.55. The third-order valence-corrected chi connectivity index (χ3v) is 7.04. The number of methoxy groups -OCH3 is 1. The van der Waals surface area contributed by atoms with Crippen LogP contribution in [-0.4, -0.2) is 65.5 Å². The van der Waals surface area contributed by atoms with E-state index < -0.39 is 0 Å². The van der Waals surface area contributed by atoms with Crippen molar-refractivity contribution in [3.8, 4) is 28.0 Å². The molecule has 1 fully saturated rings. The number of rotatable bonds is 5. The van der Waals surface area contributed by atoms with Gasteiger partial charge in [0, 0.05) is 60.6 Å². The van der Waals surface area contributed by atoms with Gasteiger partial charge in [0.1, 0.15) is 11.4 Å². The number of aromatic amines is 1. The number of ether oxygens (including phenoxy) is 1. The van der Waals surface area contributed by atoms with Crippen LogP contribution in [0.2, 0.25) is 5.02 Å². The number of H-pyrrole nitrogens is 1. The fourth-order valence-corrected chi connectivity index (χ4v) is 4.87. The molecule has 1 amide bonds. The topological polar surface area (TPSA) is 87.5 Å². The van der Waals surface area contributed by atoms with Gasteiger partial charge in [-0.1, -0.05) is 36.7 Å². The lowest BCUT2D eigenvalue weighted by Gasteiger charge is -2.34. The van der Waals surface area contributed by atoms with Crippen LogP contribution in [0.5, 0.6) is 5.75 Å². The summed E-state index contributed by atoms with van der Waals surface area (Å²) < 4.78 is 5.56. The highest BCUT2D eigenvalue weighted by Gasteiger charge is 2.24. The van der Waals surface area contributed by atoms with Crippen molar-refractivity contribution in [3.63, 3.8) is 0 Å². The zero-order valence-electron chi connectivity index (χ0n) is 19.8. The fraction of sp³-hybridized carbons (Fsp3) is 0.259. The molecule has 35 heavy (non-hydrogen) atoms. The van der Waals surface area contributed by atoms with Crippen LogP contribution < -0.4 is 10.5 Å². The molecule has 4 aromatic rings. The Morgan fingerprint density at radius 1 is 1.11 bits per heavy atom. The Balaban J connectivity index is 1.54. The number of nitrogen functional groups attached to an aromatic ring is 1. The van der Waals surface area contributed by atoms with Crippen molar-refractivity contribution < 1.29 is 9.53 Å². The number of pyridine rings is 1. The number of piperazine rings is 1. The van der Waals surface area contributed by atoms with Gasteiger partial charge >= 0.3 is 0 Å². The zero-order valence-corrected chi connectivity index (χ0v) is 20.6. The van der Waals surface area contributed by atoms with E-state index in [4.69, 9.17) is 22.1 Å². The van der Waals surface area contributed by atoms with Crippen LogP contribution in [0.1, 0.15) is 17.3 Å². The number of para-hydroxylation sites is 1. The van der Waals surface area contributed by atoms with Gasteiger partial charge in [-0.15, -0.1) is 0 Å². The molecule has 0 aliphatic carbocycles. The molecule has 0 bridgehead atoms. The average molecular weight is 490 g/mol. The first kappa shape index (κ1) is 23.2. The number of nitrogens with two attached hydrogens (primary N) is 1. The second-order valence-corrected chi connectivity index (χ2v) is 9.08. The molecule has 1 saturated heterocycles. The lowest BCUT2D eigenvalue weighted by Crippen LogP contribution is -2.48. The molecule has 7 nitrogen and oxygen atoms in total. The van der Waals surface area contributed by atoms with Crippen molar-refractivity contribution in [2.24, 2.45) is 0 Å². The fourth-order valence-electron chi connectivity index (χ4n) is 4.65. The van der Waals surface area contributed by atoms with Crippen molar-refractivity contribution in [2.75, 3.05) is 45.6 Å². The third-order valence-electron chi connectivity index (χ3n) is 6.73. The maximum absolute atomic E-state index is 13.4. The largest absolute Gasteiger partial charge is 0.496 e. The van der Waals surface area contributed by atoms with Gasteiger partial charge in [-0.05, 0) is 36.4 Å². The molecule has 1 aliphatic heterocycles. The number of carbonyl (C=O) groups excluding carboxylic acids is 1. The van der Waals surface area contributed by atoms with E-state index in [9.17, 15) is 4.79 Å². The van der Waals surface area contributed by atoms with Gasteiger partial charge in [0.25, 0.3) is 5.91 Å². The maximum Gasteiger partial charge on any atom is 0.256 e. The van der Waals surface area contributed by atoms with E-state index in [2.05, 4.69) is 27.9 Å². The van der Waals surface area contributed by atoms with Crippen molar-refractivity contribution in [1.82, 2.24) is 19.8 Å². The summed E-state index contributed by atoms with van der Waals surface area (Å²) in [5, 5.41) is 1.31. The summed E-state index contributed by atoms with van der Waals surface area (Å²) in [6.07, 6.45) is 3.71. The number of carbonyl (C=O) groups is 1. The standard InChI is InChI=1S/C27H28ClN5O2/c1-3-32-8-10-33(11-9-32)27(34)21-12-17(14-23(28)25(21)29)18-13-20-22(16-31-26(20)30-15-18)19-6-4-5-7-24(19)35-2/h4-7,12-16H,3,8-11,29H2,1-2H3,(H,30,31). The number of anilines is 1. The minimum atomic E-state index is -0.0904. The molecular formula is C27H28ClN5O2. The molecule has 5 rings (SSSR count). The van der Waals surface area contributed by atoms with E-state index in [-0.39, 0.29) is 5.91 Å². The summed E-state index contributed by atoms with van der Waals surface area (Å²) in [5.74, 6) is 0.692. The molecule has 8 heteroatoms. The van der Waals surface area contributed by atoms with Crippen LogP contribution in [0.15, 0.2) is 54.9 Å². The average Bonchev–Trinajstić information content (AvgIpc) is 3.33. The first-order chi connectivity index (χ1) is 17.0. The quantitative estimate of drug-likeness (QED) is 0.388. The number of nitrogens with zero attached hydrogens (tertiary/aromatic N) is 3. The van der Waals surface area contributed by atoms with E-state index in [1.165, 1.54) is 0 Å². The number of fused-ring (bicyclic) bond motifs is 1. The van der Waals surface area contributed by atoms with Gasteiger partial charge < -0.3 is 25.3 Å². The number of aromatic nitrogens is 2. The van der Waals surface area contributed by atoms with Crippen molar-refractivity contribution in [3.05, 3.63) is 65.4 Å². The van der Waals surface area contributed by atoms with Gasteiger partial charge in [-0.2, -0.15) is 0 Å². The normalized spacial score (nSPS) is 14.4. The van der Waals surface area contributed by atoms with Crippen molar-refractivity contribution in [1.29, 1.82) is 0 Å². The number of halogens is 1. The molecular weight excluding hydrogens is 462 g/mol. The summed E-state index contributed by atoms with van der Waals surface area (Å²) in [6.45, 7) is 6.18. The Morgan fingerprint density at radius 3 is 2.63 bits per heavy atom. The molecule has 1 aliphatic rings. The number of amides is 1. The highest BCUT2D eigenvalue weighted by Crippen LogP contribution is 2.37. The van der Waals surface area contributed by atoms with Gasteiger partial charge in [-0.25, -0.2) is 4.98 Å². The Labute approximate surface area is 209 Å². The number of nitrogens with one attached hydrogen (secondary N) is 1. The Bertz CT molecular complexity index is 1390. The monoisotopic (exact) mass is 489 g/mol. The van der Waals surface area contributed by atoms with Gasteiger partial charge in [0.15, 0.2) is 0 Å². The third kappa shape index (κ3) is 4.33. The van der Waals surface area contributed by atoms with Crippen LogP contribution in [0.4, 0.5) is 5.69 Å². The minimum absolute atomic E-state index is 0.0904. The van der Waals surface area contributed by atoms with Crippen molar-refractivity contribution >= 4 is 34.2 Å². The lowest BCUT2D eigenvalue weighted by molar-refractivity contribution is 0.0644. The summed E-state index contributed by atoms with van der Waals surface area (Å²) in [4.78, 5) is 25.4. The van der Waals surface area contributed by atoms with Crippen LogP contribution >= 0.6 is 11.6 Å². The number of likely N-dealkylation sites (N-methyl/N-ethyl adjacent to an activating group) is 1. The lowest BCUT2D eigenvalue weighted by atomic mass is 9.99. The summed E-state index contributed by atoms with van der Waals surface area (Å²) in [5.41, 5.74) is 11.4. The van der Waals surface area contributed by atoms with Gasteiger partial charge in [-0.3, -0.25) is 4.79 Å². The molecule has 0 unspecified atom stereocenters. The molecule has 3 N–H and O–H groups in total. The summed E-state index contributed by atoms with van der Waals surface area (Å²) >= 11 is 6.51. The van der Waals surface area contributed by atoms with Gasteiger partial charge in [0.05, 0.1) is 23.4 Å². The first-order valence-corrected chi connectivity index (χ1v) is 12.1. The number of hydrogen-bond donors (Lipinski definition) is 2. The highest BCUT2D eigenvalue weighted by atomic mass is 35.5. The smallest absolute Gasteiger partial charge is 0.256 e. The molecule has 3 heterocycles. The van der Waals surface area contributed by atoms with Crippen LogP contribution in [0.25, 0.3) is 33.3 Å². The highest BCUT2D eigenvalue weighted by molar-refractivity contribution is 6.34. The van der Waals surface area contributed by atoms with E-state index in [0.29, 0.717) is 29.4 Å². The SMILES string of the molecule is CCN1CCN(C(=O)c2cc(-c3cnc4[nH]cc(-c5ccccc5OC)c4c3)cc(Cl)c2N)CC1. The zero-order chi connectivity index (χ0) is 24.5.